The number of unbranched alkanes of at least 4 members (excludes halogenated alkanes) is 18. The Labute approximate surface area is 317 Å². The molecule has 0 aliphatic heterocycles. The average molecular weight is 758 g/mol. The van der Waals surface area contributed by atoms with Crippen LogP contribution in [0.15, 0.2) is 24.3 Å². The topological polar surface area (TPSA) is 128 Å². The molecule has 0 heterocycles. The summed E-state index contributed by atoms with van der Waals surface area (Å²) in [7, 11) is 1.10. The number of phosphoric ester groups is 1. The zero-order chi connectivity index (χ0) is 38.8. The summed E-state index contributed by atoms with van der Waals surface area (Å²) in [4.78, 5) is 49.4. The Balaban J connectivity index is 4.47. The van der Waals surface area contributed by atoms with Gasteiger partial charge in [0.1, 0.15) is 19.8 Å². The lowest BCUT2D eigenvalue weighted by atomic mass is 10.0. The maximum absolute atomic E-state index is 12.6. The molecule has 0 aromatic carbocycles. The quantitative estimate of drug-likeness (QED) is 0.0152. The molecule has 0 fully saturated rings. The van der Waals surface area contributed by atoms with Crippen molar-refractivity contribution in [2.75, 3.05) is 47.5 Å². The fourth-order valence-electron chi connectivity index (χ4n) is 5.40. The molecule has 0 amide bonds. The predicted molar refractivity (Wildman–Crippen MR) is 209 cm³/mol. The van der Waals surface area contributed by atoms with Crippen LogP contribution in [0.1, 0.15) is 168 Å². The molecule has 1 unspecified atom stereocenters. The van der Waals surface area contributed by atoms with Crippen molar-refractivity contribution in [2.45, 2.75) is 174 Å². The Morgan fingerprint density at radius 1 is 0.635 bits per heavy atom. The van der Waals surface area contributed by atoms with Gasteiger partial charge in [0.25, 0.3) is 7.82 Å². The third-order valence-corrected chi connectivity index (χ3v) is 9.66. The number of quaternary nitrogens is 1. The number of ketones is 1. The molecule has 0 aromatic heterocycles. The Bertz CT molecular complexity index is 1010. The van der Waals surface area contributed by atoms with Crippen LogP contribution in [0.4, 0.5) is 0 Å². The first-order valence-electron chi connectivity index (χ1n) is 20.5. The monoisotopic (exact) mass is 758 g/mol. The fraction of sp³-hybridized carbons (Fsp3) is 0.829. The van der Waals surface area contributed by atoms with E-state index in [9.17, 15) is 23.8 Å². The second-order valence-corrected chi connectivity index (χ2v) is 16.5. The van der Waals surface area contributed by atoms with Crippen LogP contribution in [-0.4, -0.2) is 75.8 Å². The van der Waals surface area contributed by atoms with Crippen molar-refractivity contribution in [3.8, 4) is 0 Å². The smallest absolute Gasteiger partial charge is 0.306 e. The molecular formula is C41H76NO9P. The van der Waals surface area contributed by atoms with Crippen LogP contribution >= 0.6 is 7.82 Å². The SMILES string of the molecule is CCCCC/C=C\C=C\C(=O)CCCCCCCC(=O)OC[C@H](COP(=O)([O-])OCC[N+](C)(C)C)OC(=O)CCCCCCCCCCCCCC. The number of esters is 2. The first-order valence-corrected chi connectivity index (χ1v) is 22.0. The Kier molecular flexibility index (Phi) is 32.5. The van der Waals surface area contributed by atoms with E-state index in [1.807, 2.05) is 33.3 Å². The number of allylic oxidation sites excluding steroid dienone is 4. The van der Waals surface area contributed by atoms with Crippen molar-refractivity contribution in [2.24, 2.45) is 0 Å². The van der Waals surface area contributed by atoms with Crippen LogP contribution in [0.3, 0.4) is 0 Å². The van der Waals surface area contributed by atoms with Crippen LogP contribution in [0.2, 0.25) is 0 Å². The van der Waals surface area contributed by atoms with Crippen molar-refractivity contribution >= 4 is 25.5 Å². The Hall–Kier alpha value is -1.84. The first-order chi connectivity index (χ1) is 24.9. The lowest BCUT2D eigenvalue weighted by Gasteiger charge is -2.28. The van der Waals surface area contributed by atoms with Crippen LogP contribution in [0, 0.1) is 0 Å². The second kappa shape index (κ2) is 33.7. The highest BCUT2D eigenvalue weighted by Gasteiger charge is 2.21. The summed E-state index contributed by atoms with van der Waals surface area (Å²) in [5.74, 6) is -0.801. The predicted octanol–water partition coefficient (Wildman–Crippen LogP) is 9.73. The van der Waals surface area contributed by atoms with Gasteiger partial charge in [-0.25, -0.2) is 0 Å². The number of likely N-dealkylation sites (N-methyl/N-ethyl adjacent to an activating group) is 1. The first kappa shape index (κ1) is 50.2. The minimum atomic E-state index is -4.64. The molecule has 11 heteroatoms. The van der Waals surface area contributed by atoms with Gasteiger partial charge in [-0.1, -0.05) is 135 Å². The van der Waals surface area contributed by atoms with E-state index in [0.29, 0.717) is 30.3 Å². The van der Waals surface area contributed by atoms with Gasteiger partial charge in [-0.3, -0.25) is 18.9 Å². The molecule has 304 valence electrons. The van der Waals surface area contributed by atoms with Crippen LogP contribution < -0.4 is 4.89 Å². The molecule has 2 atom stereocenters. The van der Waals surface area contributed by atoms with Crippen LogP contribution in [0.25, 0.3) is 0 Å². The average Bonchev–Trinajstić information content (AvgIpc) is 3.08. The minimum absolute atomic E-state index is 0.0487. The normalized spacial score (nSPS) is 13.8. The number of hydrogen-bond donors (Lipinski definition) is 0. The largest absolute Gasteiger partial charge is 0.756 e. The van der Waals surface area contributed by atoms with Gasteiger partial charge >= 0.3 is 11.9 Å². The molecule has 10 nitrogen and oxygen atoms in total. The van der Waals surface area contributed by atoms with E-state index in [2.05, 4.69) is 19.9 Å². The van der Waals surface area contributed by atoms with Gasteiger partial charge in [0.2, 0.25) is 0 Å². The van der Waals surface area contributed by atoms with Crippen molar-refractivity contribution in [3.05, 3.63) is 24.3 Å². The van der Waals surface area contributed by atoms with Gasteiger partial charge in [-0.05, 0) is 38.2 Å². The summed E-state index contributed by atoms with van der Waals surface area (Å²) >= 11 is 0. The summed E-state index contributed by atoms with van der Waals surface area (Å²) in [6.45, 7) is 4.02. The van der Waals surface area contributed by atoms with Gasteiger partial charge in [-0.15, -0.1) is 0 Å². The lowest BCUT2D eigenvalue weighted by Crippen LogP contribution is -2.37. The minimum Gasteiger partial charge on any atom is -0.756 e. The highest BCUT2D eigenvalue weighted by molar-refractivity contribution is 7.45. The van der Waals surface area contributed by atoms with Gasteiger partial charge in [-0.2, -0.15) is 0 Å². The molecule has 0 aliphatic carbocycles. The summed E-state index contributed by atoms with van der Waals surface area (Å²) in [6.07, 6.45) is 30.2. The molecule has 52 heavy (non-hydrogen) atoms. The molecule has 0 rings (SSSR count). The van der Waals surface area contributed by atoms with Gasteiger partial charge < -0.3 is 27.9 Å². The summed E-state index contributed by atoms with van der Waals surface area (Å²) < 4.78 is 33.7. The molecule has 0 saturated carbocycles. The van der Waals surface area contributed by atoms with E-state index in [-0.39, 0.29) is 31.8 Å². The van der Waals surface area contributed by atoms with E-state index in [0.717, 1.165) is 51.4 Å². The number of carbonyl (C=O) groups excluding carboxylic acids is 3. The third-order valence-electron chi connectivity index (χ3n) is 8.70. The highest BCUT2D eigenvalue weighted by Crippen LogP contribution is 2.38. The Morgan fingerprint density at radius 3 is 1.69 bits per heavy atom. The summed E-state index contributed by atoms with van der Waals surface area (Å²) in [6, 6.07) is 0. The van der Waals surface area contributed by atoms with Crippen molar-refractivity contribution in [1.82, 2.24) is 0 Å². The maximum atomic E-state index is 12.6. The molecule has 0 saturated heterocycles. The van der Waals surface area contributed by atoms with Gasteiger partial charge in [0, 0.05) is 19.3 Å². The Morgan fingerprint density at radius 2 is 1.13 bits per heavy atom. The van der Waals surface area contributed by atoms with Gasteiger partial charge in [0.05, 0.1) is 27.7 Å². The molecule has 0 bridgehead atoms. The van der Waals surface area contributed by atoms with E-state index >= 15 is 0 Å². The number of carbonyl (C=O) groups is 3. The van der Waals surface area contributed by atoms with E-state index < -0.39 is 32.5 Å². The number of phosphoric acid groups is 1. The van der Waals surface area contributed by atoms with Crippen LogP contribution in [0.5, 0.6) is 0 Å². The van der Waals surface area contributed by atoms with Crippen molar-refractivity contribution in [1.29, 1.82) is 0 Å². The molecule has 0 aromatic rings. The molecule has 0 radical (unpaired) electrons. The van der Waals surface area contributed by atoms with Gasteiger partial charge in [0.15, 0.2) is 11.9 Å². The van der Waals surface area contributed by atoms with Crippen LogP contribution in [-0.2, 0) is 37.5 Å². The number of rotatable bonds is 37. The van der Waals surface area contributed by atoms with E-state index in [1.54, 1.807) is 6.08 Å². The standard InChI is InChI=1S/C41H76NO9P/c1-6-8-10-12-14-15-16-17-18-20-24-29-33-41(45)51-39(37-50-52(46,47)49-35-34-42(3,4)5)36-48-40(44)32-28-25-21-23-27-31-38(43)30-26-22-19-13-11-9-7-2/h19,22,26,30,39H,6-18,20-21,23-25,27-29,31-37H2,1-5H3/b22-19-,30-26+/t39-/m1/s1. The van der Waals surface area contributed by atoms with E-state index in [1.165, 1.54) is 70.6 Å². The highest BCUT2D eigenvalue weighted by atomic mass is 31.2. The molecular weight excluding hydrogens is 681 g/mol. The second-order valence-electron chi connectivity index (χ2n) is 15.0. The summed E-state index contributed by atoms with van der Waals surface area (Å²) in [5.41, 5.74) is 0. The zero-order valence-corrected chi connectivity index (χ0v) is 34.6. The number of nitrogens with zero attached hydrogens (tertiary/aromatic N) is 1. The number of hydrogen-bond acceptors (Lipinski definition) is 9. The zero-order valence-electron chi connectivity index (χ0n) is 33.8. The fourth-order valence-corrected chi connectivity index (χ4v) is 6.13. The maximum Gasteiger partial charge on any atom is 0.306 e. The third kappa shape index (κ3) is 36.5. The number of ether oxygens (including phenoxy) is 2. The molecule has 0 N–H and O–H groups in total. The van der Waals surface area contributed by atoms with E-state index in [4.69, 9.17) is 18.5 Å². The lowest BCUT2D eigenvalue weighted by molar-refractivity contribution is -0.870. The summed E-state index contributed by atoms with van der Waals surface area (Å²) in [5, 5.41) is 0. The molecule has 0 spiro atoms. The van der Waals surface area contributed by atoms with Crippen molar-refractivity contribution in [3.63, 3.8) is 0 Å². The van der Waals surface area contributed by atoms with Crippen molar-refractivity contribution < 1.29 is 46.8 Å². The molecule has 0 aliphatic rings.